The normalized spacial score (nSPS) is 10.7. The molecular formula is C17H18O. The monoisotopic (exact) mass is 238 g/mol. The van der Waals surface area contributed by atoms with Crippen LogP contribution in [0.25, 0.3) is 11.1 Å². The van der Waals surface area contributed by atoms with Crippen LogP contribution >= 0.6 is 0 Å². The fraction of sp³-hybridized carbons (Fsp3) is 0.235. The largest absolute Gasteiger partial charge is 0.295 e. The van der Waals surface area contributed by atoms with E-state index >= 15 is 0 Å². The molecule has 0 aliphatic rings. The second-order valence-corrected chi connectivity index (χ2v) is 4.91. The molecule has 0 spiro atoms. The number of benzene rings is 2. The molecule has 0 aliphatic heterocycles. The number of hydrogen-bond acceptors (Lipinski definition) is 1. The minimum absolute atomic E-state index is 0.108. The van der Waals surface area contributed by atoms with Gasteiger partial charge in [0.1, 0.15) is 0 Å². The van der Waals surface area contributed by atoms with E-state index in [2.05, 4.69) is 38.1 Å². The molecule has 2 aromatic carbocycles. The van der Waals surface area contributed by atoms with Gasteiger partial charge in [0.15, 0.2) is 5.78 Å². The molecule has 0 heterocycles. The van der Waals surface area contributed by atoms with Crippen molar-refractivity contribution in [1.29, 1.82) is 0 Å². The van der Waals surface area contributed by atoms with Gasteiger partial charge in [-0.25, -0.2) is 0 Å². The molecular weight excluding hydrogens is 220 g/mol. The Kier molecular flexibility index (Phi) is 3.61. The fourth-order valence-electron chi connectivity index (χ4n) is 1.96. The van der Waals surface area contributed by atoms with E-state index in [-0.39, 0.29) is 5.78 Å². The molecule has 0 fully saturated rings. The van der Waals surface area contributed by atoms with Crippen molar-refractivity contribution < 1.29 is 4.79 Å². The zero-order valence-corrected chi connectivity index (χ0v) is 11.1. The molecule has 0 saturated carbocycles. The molecule has 1 heteroatoms. The van der Waals surface area contributed by atoms with Crippen LogP contribution in [-0.4, -0.2) is 5.78 Å². The van der Waals surface area contributed by atoms with Gasteiger partial charge in [0, 0.05) is 5.56 Å². The highest BCUT2D eigenvalue weighted by atomic mass is 16.1. The first-order chi connectivity index (χ1) is 8.58. The number of carbonyl (C=O) groups excluding carboxylic acids is 1. The molecule has 0 bridgehead atoms. The predicted octanol–water partition coefficient (Wildman–Crippen LogP) is 4.68. The highest BCUT2D eigenvalue weighted by Gasteiger charge is 2.02. The molecule has 0 amide bonds. The summed E-state index contributed by atoms with van der Waals surface area (Å²) < 4.78 is 0. The molecule has 0 unspecified atom stereocenters. The Morgan fingerprint density at radius 2 is 1.28 bits per heavy atom. The average Bonchev–Trinajstić information content (AvgIpc) is 2.39. The summed E-state index contributed by atoms with van der Waals surface area (Å²) in [4.78, 5) is 11.2. The van der Waals surface area contributed by atoms with Crippen molar-refractivity contribution >= 4 is 5.78 Å². The Morgan fingerprint density at radius 1 is 0.833 bits per heavy atom. The topological polar surface area (TPSA) is 17.1 Å². The van der Waals surface area contributed by atoms with E-state index in [1.54, 1.807) is 6.92 Å². The van der Waals surface area contributed by atoms with E-state index in [1.807, 2.05) is 24.3 Å². The smallest absolute Gasteiger partial charge is 0.159 e. The van der Waals surface area contributed by atoms with Gasteiger partial charge in [-0.05, 0) is 29.5 Å². The Balaban J connectivity index is 2.28. The van der Waals surface area contributed by atoms with Gasteiger partial charge in [0.25, 0.3) is 0 Å². The summed E-state index contributed by atoms with van der Waals surface area (Å²) in [6, 6.07) is 16.4. The SMILES string of the molecule is CC(=O)c1ccc(-c2ccc(C(C)C)cc2)cc1. The third kappa shape index (κ3) is 2.67. The van der Waals surface area contributed by atoms with Crippen molar-refractivity contribution in [3.8, 4) is 11.1 Å². The number of carbonyl (C=O) groups is 1. The van der Waals surface area contributed by atoms with Crippen molar-refractivity contribution in [2.24, 2.45) is 0 Å². The Morgan fingerprint density at radius 3 is 1.67 bits per heavy atom. The molecule has 0 atom stereocenters. The third-order valence-corrected chi connectivity index (χ3v) is 3.20. The summed E-state index contributed by atoms with van der Waals surface area (Å²) in [6.07, 6.45) is 0. The van der Waals surface area contributed by atoms with Crippen LogP contribution in [0.5, 0.6) is 0 Å². The Labute approximate surface area is 108 Å². The van der Waals surface area contributed by atoms with E-state index in [0.29, 0.717) is 5.92 Å². The van der Waals surface area contributed by atoms with Crippen LogP contribution in [0, 0.1) is 0 Å². The van der Waals surface area contributed by atoms with E-state index in [0.717, 1.165) is 11.1 Å². The lowest BCUT2D eigenvalue weighted by atomic mass is 9.98. The number of ketones is 1. The number of Topliss-reactive ketones (excluding diaryl/α,β-unsaturated/α-hetero) is 1. The van der Waals surface area contributed by atoms with E-state index in [1.165, 1.54) is 11.1 Å². The quantitative estimate of drug-likeness (QED) is 0.709. The summed E-state index contributed by atoms with van der Waals surface area (Å²) >= 11 is 0. The van der Waals surface area contributed by atoms with Crippen molar-refractivity contribution in [2.45, 2.75) is 26.7 Å². The molecule has 92 valence electrons. The summed E-state index contributed by atoms with van der Waals surface area (Å²) in [5, 5.41) is 0. The molecule has 2 rings (SSSR count). The maximum absolute atomic E-state index is 11.2. The molecule has 0 aromatic heterocycles. The first-order valence-corrected chi connectivity index (χ1v) is 6.29. The van der Waals surface area contributed by atoms with Crippen LogP contribution in [0.3, 0.4) is 0 Å². The van der Waals surface area contributed by atoms with Gasteiger partial charge < -0.3 is 0 Å². The highest BCUT2D eigenvalue weighted by Crippen LogP contribution is 2.23. The summed E-state index contributed by atoms with van der Waals surface area (Å²) in [5.74, 6) is 0.663. The van der Waals surface area contributed by atoms with Crippen molar-refractivity contribution in [1.82, 2.24) is 0 Å². The molecule has 0 aliphatic carbocycles. The van der Waals surface area contributed by atoms with Crippen LogP contribution in [0.4, 0.5) is 0 Å². The first kappa shape index (κ1) is 12.6. The Hall–Kier alpha value is -1.89. The second-order valence-electron chi connectivity index (χ2n) is 4.91. The van der Waals surface area contributed by atoms with Crippen molar-refractivity contribution in [3.05, 3.63) is 59.7 Å². The van der Waals surface area contributed by atoms with E-state index < -0.39 is 0 Å². The molecule has 0 radical (unpaired) electrons. The van der Waals surface area contributed by atoms with Crippen LogP contribution in [0.1, 0.15) is 42.6 Å². The minimum atomic E-state index is 0.108. The lowest BCUT2D eigenvalue weighted by Gasteiger charge is -2.07. The zero-order chi connectivity index (χ0) is 13.1. The lowest BCUT2D eigenvalue weighted by Crippen LogP contribution is -1.91. The summed E-state index contributed by atoms with van der Waals surface area (Å²) in [7, 11) is 0. The predicted molar refractivity (Wildman–Crippen MR) is 76.0 cm³/mol. The summed E-state index contributed by atoms with van der Waals surface area (Å²) in [6.45, 7) is 5.97. The maximum Gasteiger partial charge on any atom is 0.159 e. The molecule has 2 aromatic rings. The number of hydrogen-bond donors (Lipinski definition) is 0. The highest BCUT2D eigenvalue weighted by molar-refractivity contribution is 5.94. The molecule has 0 N–H and O–H groups in total. The fourth-order valence-corrected chi connectivity index (χ4v) is 1.96. The molecule has 1 nitrogen and oxygen atoms in total. The minimum Gasteiger partial charge on any atom is -0.295 e. The standard InChI is InChI=1S/C17H18O/c1-12(2)14-4-8-16(9-5-14)17-10-6-15(7-11-17)13(3)18/h4-12H,1-3H3. The van der Waals surface area contributed by atoms with Gasteiger partial charge in [0.05, 0.1) is 0 Å². The Bertz CT molecular complexity index is 533. The van der Waals surface area contributed by atoms with Crippen LogP contribution in [0.15, 0.2) is 48.5 Å². The van der Waals surface area contributed by atoms with Gasteiger partial charge in [-0.15, -0.1) is 0 Å². The van der Waals surface area contributed by atoms with Gasteiger partial charge in [0.2, 0.25) is 0 Å². The van der Waals surface area contributed by atoms with Crippen molar-refractivity contribution in [2.75, 3.05) is 0 Å². The third-order valence-electron chi connectivity index (χ3n) is 3.20. The van der Waals surface area contributed by atoms with Crippen LogP contribution < -0.4 is 0 Å². The van der Waals surface area contributed by atoms with Crippen LogP contribution in [0.2, 0.25) is 0 Å². The maximum atomic E-state index is 11.2. The molecule has 18 heavy (non-hydrogen) atoms. The molecule has 0 saturated heterocycles. The van der Waals surface area contributed by atoms with Gasteiger partial charge >= 0.3 is 0 Å². The van der Waals surface area contributed by atoms with Gasteiger partial charge in [-0.2, -0.15) is 0 Å². The first-order valence-electron chi connectivity index (χ1n) is 6.29. The van der Waals surface area contributed by atoms with E-state index in [9.17, 15) is 4.79 Å². The van der Waals surface area contributed by atoms with Crippen molar-refractivity contribution in [3.63, 3.8) is 0 Å². The average molecular weight is 238 g/mol. The van der Waals surface area contributed by atoms with E-state index in [4.69, 9.17) is 0 Å². The summed E-state index contributed by atoms with van der Waals surface area (Å²) in [5.41, 5.74) is 4.45. The van der Waals surface area contributed by atoms with Gasteiger partial charge in [-0.3, -0.25) is 4.79 Å². The number of rotatable bonds is 3. The van der Waals surface area contributed by atoms with Crippen LogP contribution in [-0.2, 0) is 0 Å². The van der Waals surface area contributed by atoms with Gasteiger partial charge in [-0.1, -0.05) is 62.4 Å². The lowest BCUT2D eigenvalue weighted by molar-refractivity contribution is 0.101. The zero-order valence-electron chi connectivity index (χ0n) is 11.1. The second kappa shape index (κ2) is 5.18.